The number of rotatable bonds is 8. The second-order valence-corrected chi connectivity index (χ2v) is 7.85. The monoisotopic (exact) mass is 424 g/mol. The number of imidazole rings is 1. The van der Waals surface area contributed by atoms with Gasteiger partial charge in [-0.05, 0) is 25.7 Å². The quantitative estimate of drug-likeness (QED) is 0.283. The molecule has 0 bridgehead atoms. The van der Waals surface area contributed by atoms with Crippen LogP contribution in [-0.4, -0.2) is 35.6 Å². The molecule has 3 aromatic rings. The molecule has 10 heteroatoms. The van der Waals surface area contributed by atoms with Crippen LogP contribution in [0, 0.1) is 5.41 Å². The van der Waals surface area contributed by atoms with Gasteiger partial charge in [0.15, 0.2) is 11.2 Å². The second-order valence-electron chi connectivity index (χ2n) is 7.85. The summed E-state index contributed by atoms with van der Waals surface area (Å²) >= 11 is 0. The van der Waals surface area contributed by atoms with Crippen molar-refractivity contribution in [2.24, 2.45) is 12.8 Å². The number of unbranched alkanes of at least 4 members (excludes halogenated alkanes) is 1. The molecular weight excluding hydrogens is 400 g/mol. The molecule has 162 valence electrons. The molecule has 1 aliphatic carbocycles. The van der Waals surface area contributed by atoms with Crippen molar-refractivity contribution in [3.05, 3.63) is 50.7 Å². The molecule has 31 heavy (non-hydrogen) atoms. The van der Waals surface area contributed by atoms with Crippen LogP contribution in [-0.2, 0) is 18.4 Å². The van der Waals surface area contributed by atoms with Crippen molar-refractivity contribution >= 4 is 23.0 Å². The molecule has 0 atom stereocenters. The van der Waals surface area contributed by atoms with E-state index < -0.39 is 17.2 Å². The zero-order valence-electron chi connectivity index (χ0n) is 17.2. The molecule has 1 aliphatic rings. The van der Waals surface area contributed by atoms with Gasteiger partial charge in [0.2, 0.25) is 0 Å². The molecule has 2 aromatic heterocycles. The first-order valence-electron chi connectivity index (χ1n) is 10.2. The van der Waals surface area contributed by atoms with E-state index in [2.05, 4.69) is 4.98 Å². The summed E-state index contributed by atoms with van der Waals surface area (Å²) in [7, 11) is 1.63. The topological polar surface area (TPSA) is 149 Å². The Kier molecular flexibility index (Phi) is 5.22. The molecule has 0 unspecified atom stereocenters. The number of amidine groups is 1. The SMILES string of the molecule is Cn1c(=O)n(CCCCC(=O)O)c(=O)c2nc(-c3ccc(C(=N)N)cc3)n(C3CC3)c21. The van der Waals surface area contributed by atoms with Crippen LogP contribution in [0.1, 0.15) is 43.7 Å². The third-order valence-electron chi connectivity index (χ3n) is 5.56. The summed E-state index contributed by atoms with van der Waals surface area (Å²) < 4.78 is 4.54. The average Bonchev–Trinajstić information content (AvgIpc) is 3.50. The highest BCUT2D eigenvalue weighted by Gasteiger charge is 2.31. The van der Waals surface area contributed by atoms with Crippen LogP contribution < -0.4 is 17.0 Å². The molecule has 1 fully saturated rings. The van der Waals surface area contributed by atoms with E-state index >= 15 is 0 Å². The number of fused-ring (bicyclic) bond motifs is 1. The minimum Gasteiger partial charge on any atom is -0.481 e. The lowest BCUT2D eigenvalue weighted by molar-refractivity contribution is -0.137. The normalized spacial score (nSPS) is 13.6. The highest BCUT2D eigenvalue weighted by Crippen LogP contribution is 2.40. The Labute approximate surface area is 177 Å². The van der Waals surface area contributed by atoms with Gasteiger partial charge in [-0.15, -0.1) is 0 Å². The zero-order valence-corrected chi connectivity index (χ0v) is 17.2. The Morgan fingerprint density at radius 3 is 2.48 bits per heavy atom. The molecule has 0 saturated heterocycles. The van der Waals surface area contributed by atoms with Crippen LogP contribution in [0.5, 0.6) is 0 Å². The maximum Gasteiger partial charge on any atom is 0.332 e. The van der Waals surface area contributed by atoms with Gasteiger partial charge in [-0.25, -0.2) is 9.78 Å². The van der Waals surface area contributed by atoms with E-state index in [1.165, 1.54) is 4.57 Å². The van der Waals surface area contributed by atoms with E-state index in [-0.39, 0.29) is 30.4 Å². The van der Waals surface area contributed by atoms with Crippen LogP contribution in [0.3, 0.4) is 0 Å². The Hall–Kier alpha value is -3.69. The Bertz CT molecular complexity index is 1290. The number of benzene rings is 1. The summed E-state index contributed by atoms with van der Waals surface area (Å²) in [5.41, 5.74) is 6.71. The van der Waals surface area contributed by atoms with Crippen LogP contribution in [0.2, 0.25) is 0 Å². The number of nitrogens with two attached hydrogens (primary N) is 1. The summed E-state index contributed by atoms with van der Waals surface area (Å²) in [6, 6.07) is 7.24. The van der Waals surface area contributed by atoms with Gasteiger partial charge in [-0.2, -0.15) is 0 Å². The predicted molar refractivity (Wildman–Crippen MR) is 115 cm³/mol. The Morgan fingerprint density at radius 1 is 1.23 bits per heavy atom. The van der Waals surface area contributed by atoms with Gasteiger partial charge in [-0.3, -0.25) is 24.1 Å². The zero-order chi connectivity index (χ0) is 22.3. The maximum absolute atomic E-state index is 13.1. The smallest absolute Gasteiger partial charge is 0.332 e. The van der Waals surface area contributed by atoms with Gasteiger partial charge >= 0.3 is 11.7 Å². The number of aromatic nitrogens is 4. The molecule has 2 heterocycles. The minimum absolute atomic E-state index is 0.00593. The molecule has 0 radical (unpaired) electrons. The van der Waals surface area contributed by atoms with Crippen molar-refractivity contribution in [3.63, 3.8) is 0 Å². The second kappa shape index (κ2) is 7.86. The summed E-state index contributed by atoms with van der Waals surface area (Å²) in [6.07, 6.45) is 2.67. The number of hydrogen-bond donors (Lipinski definition) is 3. The third-order valence-corrected chi connectivity index (χ3v) is 5.56. The summed E-state index contributed by atoms with van der Waals surface area (Å²) in [4.78, 5) is 41.4. The minimum atomic E-state index is -0.903. The number of carboxylic acids is 1. The fraction of sp³-hybridized carbons (Fsp3) is 0.381. The summed E-state index contributed by atoms with van der Waals surface area (Å²) in [5, 5.41) is 16.3. The maximum atomic E-state index is 13.1. The predicted octanol–water partition coefficient (Wildman–Crippen LogP) is 1.44. The third kappa shape index (κ3) is 3.76. The number of hydrogen-bond acceptors (Lipinski definition) is 5. The highest BCUT2D eigenvalue weighted by molar-refractivity contribution is 5.95. The average molecular weight is 424 g/mol. The van der Waals surface area contributed by atoms with Crippen LogP contribution in [0.25, 0.3) is 22.6 Å². The molecule has 4 rings (SSSR count). The lowest BCUT2D eigenvalue weighted by atomic mass is 10.1. The summed E-state index contributed by atoms with van der Waals surface area (Å²) in [6.45, 7) is 0.146. The first-order valence-corrected chi connectivity index (χ1v) is 10.2. The van der Waals surface area contributed by atoms with Crippen molar-refractivity contribution in [1.82, 2.24) is 18.7 Å². The van der Waals surface area contributed by atoms with Crippen molar-refractivity contribution in [1.29, 1.82) is 5.41 Å². The van der Waals surface area contributed by atoms with Gasteiger partial charge < -0.3 is 15.4 Å². The van der Waals surface area contributed by atoms with E-state index in [9.17, 15) is 14.4 Å². The van der Waals surface area contributed by atoms with Gasteiger partial charge in [0.05, 0.1) is 0 Å². The van der Waals surface area contributed by atoms with Crippen LogP contribution in [0.15, 0.2) is 33.9 Å². The van der Waals surface area contributed by atoms with Crippen molar-refractivity contribution < 1.29 is 9.90 Å². The molecule has 4 N–H and O–H groups in total. The van der Waals surface area contributed by atoms with E-state index in [4.69, 9.17) is 16.2 Å². The molecule has 0 amide bonds. The van der Waals surface area contributed by atoms with Crippen molar-refractivity contribution in [2.45, 2.75) is 44.7 Å². The van der Waals surface area contributed by atoms with E-state index in [1.54, 1.807) is 31.3 Å². The standard InChI is InChI=1S/C21H24N6O4/c1-25-19-16(20(30)26(21(25)31)11-3-2-4-15(28)29)24-18(27(19)14-9-10-14)13-7-5-12(6-8-13)17(22)23/h5-8,14H,2-4,9-11H2,1H3,(H3,22,23)(H,28,29). The number of aliphatic carboxylic acids is 1. The highest BCUT2D eigenvalue weighted by atomic mass is 16.4. The van der Waals surface area contributed by atoms with Crippen molar-refractivity contribution in [2.75, 3.05) is 0 Å². The first-order chi connectivity index (χ1) is 14.8. The Morgan fingerprint density at radius 2 is 1.90 bits per heavy atom. The summed E-state index contributed by atoms with van der Waals surface area (Å²) in [5.74, 6) is -0.335. The fourth-order valence-corrected chi connectivity index (χ4v) is 3.80. The van der Waals surface area contributed by atoms with Gasteiger partial charge in [-0.1, -0.05) is 24.3 Å². The lowest BCUT2D eigenvalue weighted by Crippen LogP contribution is -2.39. The molecular formula is C21H24N6O4. The van der Waals surface area contributed by atoms with E-state index in [0.29, 0.717) is 29.9 Å². The first kappa shape index (κ1) is 20.6. The van der Waals surface area contributed by atoms with Crippen molar-refractivity contribution in [3.8, 4) is 11.4 Å². The Balaban J connectivity index is 1.83. The fourth-order valence-electron chi connectivity index (χ4n) is 3.80. The van der Waals surface area contributed by atoms with Crippen LogP contribution >= 0.6 is 0 Å². The van der Waals surface area contributed by atoms with Gasteiger partial charge in [0.1, 0.15) is 11.7 Å². The van der Waals surface area contributed by atoms with Gasteiger partial charge in [0, 0.05) is 37.2 Å². The largest absolute Gasteiger partial charge is 0.481 e. The lowest BCUT2D eigenvalue weighted by Gasteiger charge is -2.12. The van der Waals surface area contributed by atoms with Crippen LogP contribution in [0.4, 0.5) is 0 Å². The molecule has 1 saturated carbocycles. The van der Waals surface area contributed by atoms with Gasteiger partial charge in [0.25, 0.3) is 5.56 Å². The number of carbonyl (C=O) groups is 1. The number of carboxylic acid groups (broad SMARTS) is 1. The number of nitrogens with one attached hydrogen (secondary N) is 1. The molecule has 1 aromatic carbocycles. The molecule has 0 spiro atoms. The number of aryl methyl sites for hydroxylation is 1. The number of nitrogen functional groups attached to an aromatic ring is 1. The number of nitrogens with zero attached hydrogens (tertiary/aromatic N) is 4. The van der Waals surface area contributed by atoms with E-state index in [0.717, 1.165) is 23.0 Å². The molecule has 10 nitrogen and oxygen atoms in total. The molecule has 0 aliphatic heterocycles. The van der Waals surface area contributed by atoms with E-state index in [1.807, 2.05) is 4.57 Å².